The molecule has 4 nitrogen and oxygen atoms in total. The van der Waals surface area contributed by atoms with Crippen molar-refractivity contribution in [3.8, 4) is 0 Å². The van der Waals surface area contributed by atoms with Crippen molar-refractivity contribution in [3.05, 3.63) is 96.1 Å². The normalized spacial score (nSPS) is 19.6. The third-order valence-corrected chi connectivity index (χ3v) is 8.10. The van der Waals surface area contributed by atoms with Gasteiger partial charge in [-0.05, 0) is 58.7 Å². The molecule has 0 bridgehead atoms. The molecule has 3 atom stereocenters. The molecule has 0 saturated carbocycles. The van der Waals surface area contributed by atoms with E-state index >= 15 is 0 Å². The first-order valence-electron chi connectivity index (χ1n) is 12.1. The fraction of sp³-hybridized carbons (Fsp3) is 0.267. The Morgan fingerprint density at radius 2 is 1.37 bits per heavy atom. The number of esters is 2. The average Bonchev–Trinajstić information content (AvgIpc) is 3.27. The highest BCUT2D eigenvalue weighted by atomic mass is 32.2. The molecule has 5 rings (SSSR count). The van der Waals surface area contributed by atoms with Gasteiger partial charge in [0, 0.05) is 5.25 Å². The maximum absolute atomic E-state index is 13.0. The Hall–Kier alpha value is -3.31. The first-order chi connectivity index (χ1) is 17.1. The fourth-order valence-electron chi connectivity index (χ4n) is 4.66. The van der Waals surface area contributed by atoms with Gasteiger partial charge in [0.05, 0.1) is 16.4 Å². The Kier molecular flexibility index (Phi) is 7.05. The summed E-state index contributed by atoms with van der Waals surface area (Å²) in [6, 6.07) is 27.1. The monoisotopic (exact) mass is 484 g/mol. The van der Waals surface area contributed by atoms with Crippen LogP contribution in [0.5, 0.6) is 0 Å². The van der Waals surface area contributed by atoms with Crippen LogP contribution in [0.3, 0.4) is 0 Å². The van der Waals surface area contributed by atoms with Crippen molar-refractivity contribution in [2.45, 2.75) is 42.8 Å². The molecule has 0 N–H and O–H groups in total. The zero-order valence-corrected chi connectivity index (χ0v) is 20.5. The number of carbonyl (C=O) groups is 2. The van der Waals surface area contributed by atoms with E-state index in [0.717, 1.165) is 40.8 Å². The van der Waals surface area contributed by atoms with Gasteiger partial charge in [-0.3, -0.25) is 0 Å². The zero-order valence-electron chi connectivity index (χ0n) is 19.7. The van der Waals surface area contributed by atoms with Crippen molar-refractivity contribution in [2.24, 2.45) is 0 Å². The van der Waals surface area contributed by atoms with E-state index in [2.05, 4.69) is 6.92 Å². The first kappa shape index (κ1) is 23.4. The van der Waals surface area contributed by atoms with Gasteiger partial charge >= 0.3 is 11.9 Å². The summed E-state index contributed by atoms with van der Waals surface area (Å²) >= 11 is 1.77. The van der Waals surface area contributed by atoms with Gasteiger partial charge in [-0.1, -0.05) is 74.0 Å². The minimum Gasteiger partial charge on any atom is -0.461 e. The predicted molar refractivity (Wildman–Crippen MR) is 142 cm³/mol. The van der Waals surface area contributed by atoms with Gasteiger partial charge in [0.2, 0.25) is 0 Å². The molecule has 4 aromatic rings. The lowest BCUT2D eigenvalue weighted by Gasteiger charge is -2.19. The lowest BCUT2D eigenvalue weighted by atomic mass is 10.1. The Morgan fingerprint density at radius 1 is 0.800 bits per heavy atom. The number of thioether (sulfide) groups is 1. The number of benzene rings is 4. The van der Waals surface area contributed by atoms with Crippen molar-refractivity contribution in [1.82, 2.24) is 0 Å². The van der Waals surface area contributed by atoms with Gasteiger partial charge in [0.15, 0.2) is 0 Å². The summed E-state index contributed by atoms with van der Waals surface area (Å²) in [6.07, 6.45) is 2.59. The smallest absolute Gasteiger partial charge is 0.338 e. The molecule has 1 saturated heterocycles. The van der Waals surface area contributed by atoms with Crippen LogP contribution < -0.4 is 0 Å². The quantitative estimate of drug-likeness (QED) is 0.263. The van der Waals surface area contributed by atoms with E-state index in [1.807, 2.05) is 78.9 Å². The topological polar surface area (TPSA) is 52.6 Å². The molecule has 0 aromatic heterocycles. The Balaban J connectivity index is 1.26. The Bertz CT molecular complexity index is 1360. The van der Waals surface area contributed by atoms with E-state index in [0.29, 0.717) is 16.4 Å². The van der Waals surface area contributed by atoms with Crippen LogP contribution in [0.15, 0.2) is 84.9 Å². The van der Waals surface area contributed by atoms with Crippen LogP contribution >= 0.6 is 11.8 Å². The molecule has 1 aliphatic heterocycles. The largest absolute Gasteiger partial charge is 0.461 e. The van der Waals surface area contributed by atoms with Crippen molar-refractivity contribution in [2.75, 3.05) is 6.61 Å². The van der Waals surface area contributed by atoms with Gasteiger partial charge in [0.25, 0.3) is 0 Å². The van der Waals surface area contributed by atoms with E-state index < -0.39 is 0 Å². The summed E-state index contributed by atoms with van der Waals surface area (Å²) < 4.78 is 11.7. The van der Waals surface area contributed by atoms with Crippen LogP contribution in [0.25, 0.3) is 21.5 Å². The maximum atomic E-state index is 13.0. The summed E-state index contributed by atoms with van der Waals surface area (Å²) in [4.78, 5) is 25.8. The Morgan fingerprint density at radius 3 is 1.97 bits per heavy atom. The fourth-order valence-corrected chi connectivity index (χ4v) is 6.31. The van der Waals surface area contributed by atoms with Crippen LogP contribution in [0.4, 0.5) is 0 Å². The average molecular weight is 485 g/mol. The second-order valence-corrected chi connectivity index (χ2v) is 10.5. The SMILES string of the molecule is CCCC1C[C@@H](OC(=O)c2ccc3ccccc3c2)C(COC(=O)c2ccc3ccccc3c2)S1. The molecular formula is C30H28O4S. The van der Waals surface area contributed by atoms with Crippen LogP contribution in [0, 0.1) is 0 Å². The van der Waals surface area contributed by atoms with E-state index in [1.165, 1.54) is 0 Å². The molecule has 1 fully saturated rings. The van der Waals surface area contributed by atoms with Crippen LogP contribution in [-0.2, 0) is 9.47 Å². The number of hydrogen-bond donors (Lipinski definition) is 0. The number of hydrogen-bond acceptors (Lipinski definition) is 5. The Labute approximate surface area is 209 Å². The predicted octanol–water partition coefficient (Wildman–Crippen LogP) is 7.05. The van der Waals surface area contributed by atoms with Gasteiger partial charge in [0.1, 0.15) is 12.7 Å². The van der Waals surface area contributed by atoms with Crippen molar-refractivity contribution in [1.29, 1.82) is 0 Å². The zero-order chi connectivity index (χ0) is 24.2. The number of ether oxygens (including phenoxy) is 2. The van der Waals surface area contributed by atoms with Crippen molar-refractivity contribution >= 4 is 45.2 Å². The van der Waals surface area contributed by atoms with Crippen LogP contribution in [0.2, 0.25) is 0 Å². The highest BCUT2D eigenvalue weighted by Gasteiger charge is 2.38. The van der Waals surface area contributed by atoms with Gasteiger partial charge in [-0.2, -0.15) is 0 Å². The third-order valence-electron chi connectivity index (χ3n) is 6.50. The number of rotatable bonds is 7. The highest BCUT2D eigenvalue weighted by Crippen LogP contribution is 2.39. The molecule has 0 radical (unpaired) electrons. The molecule has 4 aromatic carbocycles. The summed E-state index contributed by atoms with van der Waals surface area (Å²) in [6.45, 7) is 2.37. The van der Waals surface area contributed by atoms with E-state index in [9.17, 15) is 9.59 Å². The summed E-state index contributed by atoms with van der Waals surface area (Å²) in [5.74, 6) is -0.681. The minimum atomic E-state index is -0.352. The van der Waals surface area contributed by atoms with E-state index in [-0.39, 0.29) is 29.9 Å². The molecule has 1 heterocycles. The van der Waals surface area contributed by atoms with Crippen molar-refractivity contribution < 1.29 is 19.1 Å². The standard InChI is InChI=1S/C30H28O4S/c1-2-7-26-18-27(34-30(32)25-15-13-21-9-4-6-11-23(21)17-25)28(35-26)19-33-29(31)24-14-12-20-8-3-5-10-22(20)16-24/h3-6,8-17,26-28H,2,7,18-19H2,1H3/t26?,27-,28?/m1/s1. The molecule has 0 spiro atoms. The summed E-state index contributed by atoms with van der Waals surface area (Å²) in [5, 5.41) is 4.48. The molecule has 5 heteroatoms. The molecule has 1 aliphatic rings. The van der Waals surface area contributed by atoms with Gasteiger partial charge < -0.3 is 9.47 Å². The molecule has 35 heavy (non-hydrogen) atoms. The third kappa shape index (κ3) is 5.35. The number of carbonyl (C=O) groups excluding carboxylic acids is 2. The second kappa shape index (κ2) is 10.5. The van der Waals surface area contributed by atoms with E-state index in [1.54, 1.807) is 17.8 Å². The minimum absolute atomic E-state index is 0.0830. The van der Waals surface area contributed by atoms with Crippen molar-refractivity contribution in [3.63, 3.8) is 0 Å². The molecule has 0 amide bonds. The lowest BCUT2D eigenvalue weighted by molar-refractivity contribution is 0.0212. The van der Waals surface area contributed by atoms with Crippen LogP contribution in [0.1, 0.15) is 46.9 Å². The number of fused-ring (bicyclic) bond motifs is 2. The summed E-state index contributed by atoms with van der Waals surface area (Å²) in [7, 11) is 0. The first-order valence-corrected chi connectivity index (χ1v) is 13.1. The van der Waals surface area contributed by atoms with Gasteiger partial charge in [-0.25, -0.2) is 9.59 Å². The molecule has 0 aliphatic carbocycles. The molecule has 2 unspecified atom stereocenters. The maximum Gasteiger partial charge on any atom is 0.338 e. The lowest BCUT2D eigenvalue weighted by Crippen LogP contribution is -2.29. The molecular weight excluding hydrogens is 456 g/mol. The van der Waals surface area contributed by atoms with E-state index in [4.69, 9.17) is 9.47 Å². The second-order valence-electron chi connectivity index (χ2n) is 8.99. The molecule has 178 valence electrons. The van der Waals surface area contributed by atoms with Gasteiger partial charge in [-0.15, -0.1) is 11.8 Å². The van der Waals surface area contributed by atoms with Crippen LogP contribution in [-0.4, -0.2) is 35.1 Å². The summed E-state index contributed by atoms with van der Waals surface area (Å²) in [5.41, 5.74) is 1.07. The highest BCUT2D eigenvalue weighted by molar-refractivity contribution is 8.00.